The second-order valence-electron chi connectivity index (χ2n) is 4.10. The lowest BCUT2D eigenvalue weighted by Crippen LogP contribution is -2.14. The number of aromatic hydroxyl groups is 1. The van der Waals surface area contributed by atoms with Crippen LogP contribution in [0.25, 0.3) is 11.1 Å². The highest BCUT2D eigenvalue weighted by atomic mass is 16.3. The third-order valence-electron chi connectivity index (χ3n) is 2.79. The molecule has 0 bridgehead atoms. The van der Waals surface area contributed by atoms with E-state index in [0.717, 1.165) is 0 Å². The van der Waals surface area contributed by atoms with E-state index in [2.05, 4.69) is 4.98 Å². The fourth-order valence-electron chi connectivity index (χ4n) is 2.01. The molecule has 0 aliphatic rings. The Balaban J connectivity index is 2.81. The molecule has 0 atom stereocenters. The van der Waals surface area contributed by atoms with E-state index in [4.69, 9.17) is 0 Å². The molecular weight excluding hydrogens is 230 g/mol. The fourth-order valence-corrected chi connectivity index (χ4v) is 2.01. The van der Waals surface area contributed by atoms with Crippen molar-refractivity contribution in [3.05, 3.63) is 51.9 Å². The summed E-state index contributed by atoms with van der Waals surface area (Å²) in [6, 6.07) is 8.77. The average molecular weight is 243 g/mol. The van der Waals surface area contributed by atoms with Crippen LogP contribution in [-0.4, -0.2) is 15.9 Å². The number of aromatic nitrogens is 1. The molecule has 0 fully saturated rings. The van der Waals surface area contributed by atoms with Crippen LogP contribution in [0, 0.1) is 6.92 Å². The van der Waals surface area contributed by atoms with E-state index < -0.39 is 5.56 Å². The van der Waals surface area contributed by atoms with Gasteiger partial charge in [0.2, 0.25) is 0 Å². The van der Waals surface area contributed by atoms with Crippen LogP contribution in [-0.2, 0) is 0 Å². The number of pyridine rings is 1. The van der Waals surface area contributed by atoms with E-state index in [1.165, 1.54) is 6.92 Å². The number of hydrogen-bond donors (Lipinski definition) is 2. The summed E-state index contributed by atoms with van der Waals surface area (Å²) in [4.78, 5) is 26.0. The van der Waals surface area contributed by atoms with Crippen molar-refractivity contribution in [3.8, 4) is 16.9 Å². The number of rotatable bonds is 2. The number of aryl methyl sites for hydroxylation is 1. The maximum atomic E-state index is 11.9. The number of hydrogen-bond acceptors (Lipinski definition) is 3. The summed E-state index contributed by atoms with van der Waals surface area (Å²) < 4.78 is 0. The third-order valence-corrected chi connectivity index (χ3v) is 2.79. The molecule has 92 valence electrons. The molecule has 0 saturated heterocycles. The molecule has 18 heavy (non-hydrogen) atoms. The zero-order chi connectivity index (χ0) is 13.3. The van der Waals surface area contributed by atoms with E-state index in [-0.39, 0.29) is 22.7 Å². The van der Waals surface area contributed by atoms with E-state index >= 15 is 0 Å². The van der Waals surface area contributed by atoms with Gasteiger partial charge in [-0.3, -0.25) is 9.59 Å². The van der Waals surface area contributed by atoms with E-state index in [9.17, 15) is 14.7 Å². The first-order valence-electron chi connectivity index (χ1n) is 5.54. The second kappa shape index (κ2) is 4.49. The number of carbonyl (C=O) groups excluding carboxylic acids is 1. The summed E-state index contributed by atoms with van der Waals surface area (Å²) in [6.45, 7) is 2.95. The topological polar surface area (TPSA) is 70.2 Å². The Kier molecular flexibility index (Phi) is 3.02. The largest absolute Gasteiger partial charge is 0.506 e. The lowest BCUT2D eigenvalue weighted by atomic mass is 10.0. The van der Waals surface area contributed by atoms with Gasteiger partial charge in [0.1, 0.15) is 5.75 Å². The van der Waals surface area contributed by atoms with E-state index in [0.29, 0.717) is 11.3 Å². The van der Waals surface area contributed by atoms with Crippen LogP contribution in [0.4, 0.5) is 0 Å². The molecule has 4 heteroatoms. The zero-order valence-corrected chi connectivity index (χ0v) is 10.2. The van der Waals surface area contributed by atoms with Gasteiger partial charge in [-0.2, -0.15) is 0 Å². The van der Waals surface area contributed by atoms with Crippen molar-refractivity contribution < 1.29 is 9.90 Å². The van der Waals surface area contributed by atoms with Gasteiger partial charge in [0.15, 0.2) is 5.78 Å². The molecule has 1 heterocycles. The summed E-state index contributed by atoms with van der Waals surface area (Å²) >= 11 is 0. The molecule has 0 amide bonds. The highest BCUT2D eigenvalue weighted by Crippen LogP contribution is 2.30. The van der Waals surface area contributed by atoms with Crippen molar-refractivity contribution in [3.63, 3.8) is 0 Å². The Morgan fingerprint density at radius 3 is 2.39 bits per heavy atom. The minimum atomic E-state index is -0.402. The molecule has 0 saturated carbocycles. The molecule has 0 unspecified atom stereocenters. The molecule has 0 radical (unpaired) electrons. The number of nitrogens with one attached hydrogen (secondary N) is 1. The van der Waals surface area contributed by atoms with Crippen molar-refractivity contribution in [2.75, 3.05) is 0 Å². The minimum Gasteiger partial charge on any atom is -0.506 e. The van der Waals surface area contributed by atoms with E-state index in [1.807, 2.05) is 6.07 Å². The Labute approximate surface area is 104 Å². The summed E-state index contributed by atoms with van der Waals surface area (Å²) in [5, 5.41) is 10.1. The van der Waals surface area contributed by atoms with Crippen LogP contribution >= 0.6 is 0 Å². The summed E-state index contributed by atoms with van der Waals surface area (Å²) in [5.41, 5.74) is 0.851. The van der Waals surface area contributed by atoms with Gasteiger partial charge in [-0.15, -0.1) is 0 Å². The number of H-pyrrole nitrogens is 1. The van der Waals surface area contributed by atoms with Crippen LogP contribution in [0.5, 0.6) is 5.75 Å². The van der Waals surface area contributed by atoms with Crippen molar-refractivity contribution in [2.45, 2.75) is 13.8 Å². The van der Waals surface area contributed by atoms with Crippen molar-refractivity contribution >= 4 is 5.78 Å². The van der Waals surface area contributed by atoms with Crippen LogP contribution in [0.15, 0.2) is 35.1 Å². The van der Waals surface area contributed by atoms with Crippen molar-refractivity contribution in [1.29, 1.82) is 0 Å². The Hall–Kier alpha value is -2.36. The van der Waals surface area contributed by atoms with Crippen LogP contribution in [0.2, 0.25) is 0 Å². The number of benzene rings is 1. The number of Topliss-reactive ketones (excluding diaryl/α,β-unsaturated/α-hetero) is 1. The first-order chi connectivity index (χ1) is 8.52. The highest BCUT2D eigenvalue weighted by molar-refractivity contribution is 5.99. The van der Waals surface area contributed by atoms with Crippen molar-refractivity contribution in [1.82, 2.24) is 4.98 Å². The maximum Gasteiger partial charge on any atom is 0.259 e. The Morgan fingerprint density at radius 1 is 1.22 bits per heavy atom. The predicted octanol–water partition coefficient (Wildman–Crippen LogP) is 2.26. The second-order valence-corrected chi connectivity index (χ2v) is 4.10. The fraction of sp³-hybridized carbons (Fsp3) is 0.143. The van der Waals surface area contributed by atoms with Gasteiger partial charge in [-0.25, -0.2) is 0 Å². The number of carbonyl (C=O) groups is 1. The Morgan fingerprint density at radius 2 is 1.83 bits per heavy atom. The average Bonchev–Trinajstić information content (AvgIpc) is 2.28. The summed E-state index contributed by atoms with van der Waals surface area (Å²) in [5.74, 6) is -0.534. The van der Waals surface area contributed by atoms with Gasteiger partial charge in [-0.05, 0) is 19.4 Å². The maximum absolute atomic E-state index is 11.9. The lowest BCUT2D eigenvalue weighted by molar-refractivity contribution is 0.101. The van der Waals surface area contributed by atoms with Gasteiger partial charge in [0, 0.05) is 5.69 Å². The normalized spacial score (nSPS) is 10.3. The number of ketones is 1. The molecule has 0 spiro atoms. The van der Waals surface area contributed by atoms with Crippen LogP contribution in [0.3, 0.4) is 0 Å². The van der Waals surface area contributed by atoms with Crippen LogP contribution < -0.4 is 5.56 Å². The van der Waals surface area contributed by atoms with Crippen molar-refractivity contribution in [2.24, 2.45) is 0 Å². The summed E-state index contributed by atoms with van der Waals surface area (Å²) in [7, 11) is 0. The number of aromatic amines is 1. The SMILES string of the molecule is CC(=O)c1c(C)[nH]c(=O)c(-c2ccccc2)c1O. The molecule has 0 aliphatic carbocycles. The third kappa shape index (κ3) is 1.93. The monoisotopic (exact) mass is 243 g/mol. The van der Waals surface area contributed by atoms with Crippen LogP contribution in [0.1, 0.15) is 23.0 Å². The lowest BCUT2D eigenvalue weighted by Gasteiger charge is -2.10. The molecular formula is C14H13NO3. The zero-order valence-electron chi connectivity index (χ0n) is 10.2. The molecule has 4 nitrogen and oxygen atoms in total. The first kappa shape index (κ1) is 12.1. The predicted molar refractivity (Wildman–Crippen MR) is 68.9 cm³/mol. The first-order valence-corrected chi connectivity index (χ1v) is 5.54. The van der Waals surface area contributed by atoms with Gasteiger partial charge in [0.05, 0.1) is 11.1 Å². The molecule has 1 aromatic carbocycles. The molecule has 2 N–H and O–H groups in total. The smallest absolute Gasteiger partial charge is 0.259 e. The van der Waals surface area contributed by atoms with Gasteiger partial charge in [-0.1, -0.05) is 30.3 Å². The molecule has 0 aliphatic heterocycles. The van der Waals surface area contributed by atoms with Gasteiger partial charge >= 0.3 is 0 Å². The molecule has 2 rings (SSSR count). The highest BCUT2D eigenvalue weighted by Gasteiger charge is 2.18. The van der Waals surface area contributed by atoms with E-state index in [1.54, 1.807) is 31.2 Å². The quantitative estimate of drug-likeness (QED) is 0.795. The van der Waals surface area contributed by atoms with Gasteiger partial charge in [0.25, 0.3) is 5.56 Å². The Bertz CT molecular complexity index is 657. The van der Waals surface area contributed by atoms with Gasteiger partial charge < -0.3 is 10.1 Å². The minimum absolute atomic E-state index is 0.131. The molecule has 1 aromatic heterocycles. The summed E-state index contributed by atoms with van der Waals surface area (Å²) in [6.07, 6.45) is 0. The standard InChI is InChI=1S/C14H13NO3/c1-8-11(9(2)16)13(17)12(14(18)15-8)10-6-4-3-5-7-10/h3-7H,1-2H3,(H2,15,17,18). The molecule has 2 aromatic rings.